The Bertz CT molecular complexity index is 1200. The first-order valence-corrected chi connectivity index (χ1v) is 11.2. The lowest BCUT2D eigenvalue weighted by atomic mass is 9.96. The van der Waals surface area contributed by atoms with Gasteiger partial charge in [-0.1, -0.05) is 0 Å². The van der Waals surface area contributed by atoms with Crippen LogP contribution in [0.25, 0.3) is 11.0 Å². The summed E-state index contributed by atoms with van der Waals surface area (Å²) in [6.45, 7) is 3.14. The Morgan fingerprint density at radius 1 is 1.12 bits per heavy atom. The monoisotopic (exact) mass is 432 g/mol. The molecule has 2 aliphatic rings. The molecule has 2 fully saturated rings. The van der Waals surface area contributed by atoms with E-state index in [0.717, 1.165) is 30.4 Å². The van der Waals surface area contributed by atoms with Crippen LogP contribution in [0.1, 0.15) is 69.9 Å². The van der Waals surface area contributed by atoms with Crippen molar-refractivity contribution < 1.29 is 9.59 Å². The van der Waals surface area contributed by atoms with Crippen molar-refractivity contribution in [2.24, 2.45) is 0 Å². The van der Waals surface area contributed by atoms with Crippen LogP contribution < -0.4 is 0 Å². The molecule has 166 valence electrons. The third kappa shape index (κ3) is 3.74. The van der Waals surface area contributed by atoms with Crippen molar-refractivity contribution >= 4 is 22.8 Å². The second-order valence-corrected chi connectivity index (χ2v) is 9.10. The van der Waals surface area contributed by atoms with E-state index in [2.05, 4.69) is 19.5 Å². The summed E-state index contributed by atoms with van der Waals surface area (Å²) in [5, 5.41) is 0. The minimum Gasteiger partial charge on any atom is -0.345 e. The number of imidazole rings is 1. The minimum atomic E-state index is -0.103. The lowest BCUT2D eigenvalue weighted by Crippen LogP contribution is -2.39. The number of hydrogen-bond donors (Lipinski definition) is 0. The number of carbonyl (C=O) groups is 2. The van der Waals surface area contributed by atoms with E-state index in [0.29, 0.717) is 35.2 Å². The fourth-order valence-corrected chi connectivity index (χ4v) is 4.50. The number of rotatable bonds is 4. The van der Waals surface area contributed by atoms with Crippen LogP contribution in [0.4, 0.5) is 0 Å². The maximum atomic E-state index is 13.3. The van der Waals surface area contributed by atoms with Crippen LogP contribution in [-0.4, -0.2) is 68.3 Å². The predicted octanol–water partition coefficient (Wildman–Crippen LogP) is 3.19. The van der Waals surface area contributed by atoms with E-state index >= 15 is 0 Å². The lowest BCUT2D eigenvalue weighted by Gasteiger charge is -2.32. The van der Waals surface area contributed by atoms with Gasteiger partial charge in [-0.3, -0.25) is 9.59 Å². The van der Waals surface area contributed by atoms with E-state index in [1.165, 1.54) is 17.7 Å². The first-order valence-electron chi connectivity index (χ1n) is 11.2. The van der Waals surface area contributed by atoms with Crippen LogP contribution in [0.2, 0.25) is 0 Å². The van der Waals surface area contributed by atoms with Crippen LogP contribution in [0.15, 0.2) is 30.7 Å². The molecule has 3 heterocycles. The quantitative estimate of drug-likeness (QED) is 0.632. The van der Waals surface area contributed by atoms with Crippen molar-refractivity contribution in [3.63, 3.8) is 0 Å². The van der Waals surface area contributed by atoms with Gasteiger partial charge in [0.25, 0.3) is 11.8 Å². The number of likely N-dealkylation sites (tertiary alicyclic amines) is 1. The third-order valence-electron chi connectivity index (χ3n) is 6.47. The molecule has 2 aromatic heterocycles. The number of benzene rings is 1. The Balaban J connectivity index is 1.33. The molecule has 0 unspecified atom stereocenters. The molecule has 0 radical (unpaired) electrons. The summed E-state index contributed by atoms with van der Waals surface area (Å²) in [5.41, 5.74) is 3.83. The second-order valence-electron chi connectivity index (χ2n) is 9.10. The van der Waals surface area contributed by atoms with Crippen molar-refractivity contribution in [1.82, 2.24) is 29.3 Å². The van der Waals surface area contributed by atoms with Gasteiger partial charge in [0.15, 0.2) is 0 Å². The molecular weight excluding hydrogens is 404 g/mol. The number of piperidine rings is 1. The van der Waals surface area contributed by atoms with Crippen LogP contribution in [-0.2, 0) is 0 Å². The summed E-state index contributed by atoms with van der Waals surface area (Å²) >= 11 is 0. The van der Waals surface area contributed by atoms with Crippen molar-refractivity contribution in [1.29, 1.82) is 0 Å². The van der Waals surface area contributed by atoms with Crippen LogP contribution >= 0.6 is 0 Å². The Morgan fingerprint density at radius 3 is 2.66 bits per heavy atom. The molecule has 1 aliphatic carbocycles. The van der Waals surface area contributed by atoms with Crippen molar-refractivity contribution in [3.8, 4) is 0 Å². The second kappa shape index (κ2) is 8.00. The van der Waals surface area contributed by atoms with E-state index in [1.807, 2.05) is 36.4 Å². The number of carbonyl (C=O) groups excluding carboxylic acids is 2. The highest BCUT2D eigenvalue weighted by atomic mass is 16.2. The van der Waals surface area contributed by atoms with Gasteiger partial charge in [-0.15, -0.1) is 0 Å². The van der Waals surface area contributed by atoms with Gasteiger partial charge in [0.2, 0.25) is 0 Å². The van der Waals surface area contributed by atoms with Gasteiger partial charge in [-0.2, -0.15) is 0 Å². The van der Waals surface area contributed by atoms with E-state index in [4.69, 9.17) is 0 Å². The van der Waals surface area contributed by atoms with Gasteiger partial charge in [0.05, 0.1) is 28.6 Å². The molecular formula is C24H28N6O2. The maximum absolute atomic E-state index is 13.3. The third-order valence-corrected chi connectivity index (χ3v) is 6.47. The first-order chi connectivity index (χ1) is 15.4. The van der Waals surface area contributed by atoms with Crippen molar-refractivity contribution in [2.75, 3.05) is 27.2 Å². The van der Waals surface area contributed by atoms with Gasteiger partial charge in [0.1, 0.15) is 5.82 Å². The number of nitrogens with zero attached hydrogens (tertiary/aromatic N) is 6. The molecule has 5 rings (SSSR count). The van der Waals surface area contributed by atoms with E-state index in [1.54, 1.807) is 20.3 Å². The summed E-state index contributed by atoms with van der Waals surface area (Å²) < 4.78 is 2.21. The van der Waals surface area contributed by atoms with E-state index in [-0.39, 0.29) is 17.7 Å². The highest BCUT2D eigenvalue weighted by Crippen LogP contribution is 2.37. The number of hydrogen-bond acceptors (Lipinski definition) is 5. The molecule has 1 atom stereocenters. The summed E-state index contributed by atoms with van der Waals surface area (Å²) in [6.07, 6.45) is 7.73. The molecule has 1 aliphatic heterocycles. The van der Waals surface area contributed by atoms with Crippen LogP contribution in [0.3, 0.4) is 0 Å². The molecule has 0 N–H and O–H groups in total. The van der Waals surface area contributed by atoms with Gasteiger partial charge in [-0.25, -0.2) is 15.0 Å². The summed E-state index contributed by atoms with van der Waals surface area (Å²) in [5.74, 6) is 0.685. The van der Waals surface area contributed by atoms with Gasteiger partial charge in [0, 0.05) is 50.9 Å². The molecule has 1 saturated carbocycles. The zero-order chi connectivity index (χ0) is 22.4. The van der Waals surface area contributed by atoms with Crippen molar-refractivity contribution in [2.45, 2.75) is 44.6 Å². The summed E-state index contributed by atoms with van der Waals surface area (Å²) in [6, 6.07) is 6.40. The largest absolute Gasteiger partial charge is 0.345 e. The average Bonchev–Trinajstić information content (AvgIpc) is 3.56. The maximum Gasteiger partial charge on any atom is 0.256 e. The fourth-order valence-electron chi connectivity index (χ4n) is 4.50. The van der Waals surface area contributed by atoms with Crippen molar-refractivity contribution in [3.05, 3.63) is 53.4 Å². The van der Waals surface area contributed by atoms with Crippen LogP contribution in [0.5, 0.6) is 0 Å². The normalized spacial score (nSPS) is 18.7. The molecule has 8 nitrogen and oxygen atoms in total. The standard InChI is InChI=1S/C24H28N6O2/c1-15-19(24(32)28(2)3)12-25-22(27-15)17-5-4-10-29(13-17)23(31)16-6-9-21-20(11-16)26-14-30(21)18-7-8-18/h6,9,11-12,14,17-18H,4-5,7-8,10,13H2,1-3H3/t17-/m1/s1. The number of fused-ring (bicyclic) bond motifs is 1. The minimum absolute atomic E-state index is 0.0219. The number of amides is 2. The Morgan fingerprint density at radius 2 is 1.94 bits per heavy atom. The molecule has 1 aromatic carbocycles. The van der Waals surface area contributed by atoms with Gasteiger partial charge >= 0.3 is 0 Å². The average molecular weight is 433 g/mol. The molecule has 0 spiro atoms. The Hall–Kier alpha value is -3.29. The number of aromatic nitrogens is 4. The Labute approximate surface area is 187 Å². The van der Waals surface area contributed by atoms with E-state index < -0.39 is 0 Å². The zero-order valence-electron chi connectivity index (χ0n) is 18.8. The molecule has 32 heavy (non-hydrogen) atoms. The highest BCUT2D eigenvalue weighted by molar-refractivity contribution is 5.97. The smallest absolute Gasteiger partial charge is 0.256 e. The van der Waals surface area contributed by atoms with Gasteiger partial charge in [-0.05, 0) is 50.8 Å². The molecule has 8 heteroatoms. The van der Waals surface area contributed by atoms with Crippen LogP contribution in [0, 0.1) is 6.92 Å². The predicted molar refractivity (Wildman–Crippen MR) is 121 cm³/mol. The topological polar surface area (TPSA) is 84.2 Å². The SMILES string of the molecule is Cc1nc([C@@H]2CCCN(C(=O)c3ccc4c(c3)ncn4C3CC3)C2)ncc1C(=O)N(C)C. The van der Waals surface area contributed by atoms with Gasteiger partial charge < -0.3 is 14.4 Å². The summed E-state index contributed by atoms with van der Waals surface area (Å²) in [7, 11) is 3.43. The fraction of sp³-hybridized carbons (Fsp3) is 0.458. The Kier molecular flexibility index (Phi) is 5.15. The molecule has 0 bridgehead atoms. The number of aryl methyl sites for hydroxylation is 1. The molecule has 3 aromatic rings. The lowest BCUT2D eigenvalue weighted by molar-refractivity contribution is 0.0704. The first kappa shape index (κ1) is 20.6. The summed E-state index contributed by atoms with van der Waals surface area (Å²) in [4.78, 5) is 42.6. The zero-order valence-corrected chi connectivity index (χ0v) is 18.8. The van der Waals surface area contributed by atoms with E-state index in [9.17, 15) is 9.59 Å². The molecule has 2 amide bonds. The molecule has 1 saturated heterocycles. The highest BCUT2D eigenvalue weighted by Gasteiger charge is 2.29.